The fourth-order valence-electron chi connectivity index (χ4n) is 3.29. The maximum atomic E-state index is 12.9. The van der Waals surface area contributed by atoms with Gasteiger partial charge in [-0.15, -0.1) is 0 Å². The van der Waals surface area contributed by atoms with E-state index < -0.39 is 21.7 Å². The number of non-ortho nitro benzene ring substituents is 2. The van der Waals surface area contributed by atoms with Crippen molar-refractivity contribution in [1.29, 1.82) is 0 Å². The molecule has 1 aliphatic rings. The molecule has 4 rings (SSSR count). The molecular formula is C23H16N4O7. The minimum Gasteiger partial charge on any atom is -0.488 e. The molecule has 0 aliphatic carbocycles. The summed E-state index contributed by atoms with van der Waals surface area (Å²) in [6.07, 6.45) is 1.22. The number of hydrogen-bond acceptors (Lipinski definition) is 7. The van der Waals surface area contributed by atoms with Gasteiger partial charge in [-0.2, -0.15) is 0 Å². The number of anilines is 1. The zero-order valence-electron chi connectivity index (χ0n) is 17.4. The zero-order valence-corrected chi connectivity index (χ0v) is 17.4. The van der Waals surface area contributed by atoms with Gasteiger partial charge in [-0.05, 0) is 29.8 Å². The van der Waals surface area contributed by atoms with Crippen molar-refractivity contribution in [2.24, 2.45) is 0 Å². The first-order chi connectivity index (χ1) is 16.3. The van der Waals surface area contributed by atoms with Crippen molar-refractivity contribution >= 4 is 35.0 Å². The van der Waals surface area contributed by atoms with Crippen molar-refractivity contribution in [3.05, 3.63) is 110 Å². The Kier molecular flexibility index (Phi) is 5.99. The molecule has 1 saturated heterocycles. The number of para-hydroxylation sites is 1. The van der Waals surface area contributed by atoms with Crippen LogP contribution in [-0.4, -0.2) is 21.7 Å². The van der Waals surface area contributed by atoms with Crippen LogP contribution in [-0.2, 0) is 16.2 Å². The van der Waals surface area contributed by atoms with Crippen molar-refractivity contribution in [2.75, 3.05) is 5.01 Å². The highest BCUT2D eigenvalue weighted by molar-refractivity contribution is 6.31. The second kappa shape index (κ2) is 9.20. The predicted octanol–water partition coefficient (Wildman–Crippen LogP) is 3.54. The second-order valence-electron chi connectivity index (χ2n) is 7.17. The molecule has 2 amide bonds. The summed E-state index contributed by atoms with van der Waals surface area (Å²) in [6.45, 7) is -0.0774. The van der Waals surface area contributed by atoms with Crippen LogP contribution in [0.5, 0.6) is 5.75 Å². The number of nitrogens with zero attached hydrogens (tertiary/aromatic N) is 3. The number of hydrogen-bond donors (Lipinski definition) is 1. The van der Waals surface area contributed by atoms with Crippen molar-refractivity contribution in [3.63, 3.8) is 0 Å². The molecule has 34 heavy (non-hydrogen) atoms. The van der Waals surface area contributed by atoms with Crippen LogP contribution >= 0.6 is 0 Å². The van der Waals surface area contributed by atoms with Crippen LogP contribution in [0, 0.1) is 20.2 Å². The minimum atomic E-state index is -0.676. The maximum Gasteiger partial charge on any atom is 0.282 e. The molecule has 0 unspecified atom stereocenters. The first-order valence-corrected chi connectivity index (χ1v) is 9.90. The Hall–Kier alpha value is -5.06. The molecule has 3 aromatic rings. The van der Waals surface area contributed by atoms with E-state index in [0.29, 0.717) is 11.3 Å². The maximum absolute atomic E-state index is 12.9. The summed E-state index contributed by atoms with van der Waals surface area (Å²) in [6, 6.07) is 18.0. The number of nitro benzene ring substituents is 2. The lowest BCUT2D eigenvalue weighted by Crippen LogP contribution is -2.35. The summed E-state index contributed by atoms with van der Waals surface area (Å²) in [5.41, 5.74) is 2.93. The molecule has 11 nitrogen and oxygen atoms in total. The molecule has 3 aromatic carbocycles. The molecule has 1 heterocycles. The average Bonchev–Trinajstić information content (AvgIpc) is 3.12. The van der Waals surface area contributed by atoms with E-state index in [9.17, 15) is 29.8 Å². The van der Waals surface area contributed by atoms with Crippen molar-refractivity contribution in [1.82, 2.24) is 5.43 Å². The Labute approximate surface area is 192 Å². The second-order valence-corrected chi connectivity index (χ2v) is 7.17. The van der Waals surface area contributed by atoms with E-state index >= 15 is 0 Å². The van der Waals surface area contributed by atoms with Crippen LogP contribution in [0.2, 0.25) is 0 Å². The molecule has 1 fully saturated rings. The normalized spacial score (nSPS) is 14.2. The Morgan fingerprint density at radius 3 is 2.29 bits per heavy atom. The van der Waals surface area contributed by atoms with Gasteiger partial charge in [0.25, 0.3) is 23.2 Å². The fourth-order valence-corrected chi connectivity index (χ4v) is 3.29. The lowest BCUT2D eigenvalue weighted by Gasteiger charge is -2.14. The topological polar surface area (TPSA) is 145 Å². The standard InChI is InChI=1S/C23H16N4O7/c28-22-20(23(29)25(24-22)17-6-2-1-3-7-17)13-16-12-19(27(32)33)9-10-21(16)34-14-15-5-4-8-18(11-15)26(30)31/h1-13H,14H2,(H,24,28)/b20-13-. The summed E-state index contributed by atoms with van der Waals surface area (Å²) in [5, 5.41) is 23.3. The summed E-state index contributed by atoms with van der Waals surface area (Å²) >= 11 is 0. The molecule has 1 aliphatic heterocycles. The highest BCUT2D eigenvalue weighted by atomic mass is 16.6. The third-order valence-electron chi connectivity index (χ3n) is 4.93. The van der Waals surface area contributed by atoms with E-state index in [1.54, 1.807) is 36.4 Å². The quantitative estimate of drug-likeness (QED) is 0.246. The van der Waals surface area contributed by atoms with E-state index in [0.717, 1.165) is 5.01 Å². The van der Waals surface area contributed by atoms with Crippen LogP contribution in [0.25, 0.3) is 6.08 Å². The fraction of sp³-hybridized carbons (Fsp3) is 0.0435. The molecule has 1 N–H and O–H groups in total. The first-order valence-electron chi connectivity index (χ1n) is 9.90. The molecule has 0 spiro atoms. The number of rotatable bonds is 7. The monoisotopic (exact) mass is 460 g/mol. The Morgan fingerprint density at radius 1 is 0.882 bits per heavy atom. The molecule has 11 heteroatoms. The van der Waals surface area contributed by atoms with Crippen molar-refractivity contribution in [2.45, 2.75) is 6.61 Å². The van der Waals surface area contributed by atoms with Gasteiger partial charge in [-0.3, -0.25) is 35.2 Å². The van der Waals surface area contributed by atoms with Gasteiger partial charge >= 0.3 is 0 Å². The first kappa shape index (κ1) is 22.1. The van der Waals surface area contributed by atoms with Gasteiger partial charge in [-0.1, -0.05) is 30.3 Å². The van der Waals surface area contributed by atoms with Crippen LogP contribution in [0.1, 0.15) is 11.1 Å². The Bertz CT molecular complexity index is 1340. The molecule has 170 valence electrons. The van der Waals surface area contributed by atoms with Gasteiger partial charge < -0.3 is 4.74 Å². The molecule has 0 bridgehead atoms. The predicted molar refractivity (Wildman–Crippen MR) is 121 cm³/mol. The number of ether oxygens (including phenoxy) is 1. The number of nitro groups is 2. The smallest absolute Gasteiger partial charge is 0.282 e. The summed E-state index contributed by atoms with van der Waals surface area (Å²) in [7, 11) is 0. The number of amides is 2. The number of benzene rings is 3. The molecule has 0 radical (unpaired) electrons. The van der Waals surface area contributed by atoms with E-state index in [1.807, 2.05) is 0 Å². The van der Waals surface area contributed by atoms with E-state index in [4.69, 9.17) is 4.74 Å². The number of nitrogens with one attached hydrogen (secondary N) is 1. The molecule has 0 saturated carbocycles. The van der Waals surface area contributed by atoms with Gasteiger partial charge in [0.05, 0.1) is 15.5 Å². The summed E-state index contributed by atoms with van der Waals surface area (Å²) in [4.78, 5) is 46.5. The third kappa shape index (κ3) is 4.58. The van der Waals surface area contributed by atoms with Crippen molar-refractivity contribution in [3.8, 4) is 5.75 Å². The highest BCUT2D eigenvalue weighted by Gasteiger charge is 2.34. The number of carbonyl (C=O) groups excluding carboxylic acids is 2. The number of hydrazine groups is 1. The Balaban J connectivity index is 1.66. The van der Waals surface area contributed by atoms with Crippen LogP contribution in [0.3, 0.4) is 0 Å². The molecular weight excluding hydrogens is 444 g/mol. The van der Waals surface area contributed by atoms with Crippen LogP contribution < -0.4 is 15.2 Å². The van der Waals surface area contributed by atoms with Gasteiger partial charge in [0.1, 0.15) is 17.9 Å². The average molecular weight is 460 g/mol. The van der Waals surface area contributed by atoms with Gasteiger partial charge in [-0.25, -0.2) is 5.01 Å². The lowest BCUT2D eigenvalue weighted by atomic mass is 10.1. The largest absolute Gasteiger partial charge is 0.488 e. The van der Waals surface area contributed by atoms with Gasteiger partial charge in [0.15, 0.2) is 0 Å². The zero-order chi connectivity index (χ0) is 24.2. The number of carbonyl (C=O) groups is 2. The third-order valence-corrected chi connectivity index (χ3v) is 4.93. The minimum absolute atomic E-state index is 0.0774. The van der Waals surface area contributed by atoms with Crippen molar-refractivity contribution < 1.29 is 24.2 Å². The van der Waals surface area contributed by atoms with E-state index in [-0.39, 0.29) is 34.9 Å². The summed E-state index contributed by atoms with van der Waals surface area (Å²) < 4.78 is 5.74. The van der Waals surface area contributed by atoms with E-state index in [1.165, 1.54) is 42.5 Å². The van der Waals surface area contributed by atoms with Gasteiger partial charge in [0.2, 0.25) is 0 Å². The van der Waals surface area contributed by atoms with Crippen LogP contribution in [0.4, 0.5) is 17.1 Å². The van der Waals surface area contributed by atoms with Gasteiger partial charge in [0, 0.05) is 29.8 Å². The molecule has 0 aromatic heterocycles. The van der Waals surface area contributed by atoms with E-state index in [2.05, 4.69) is 5.43 Å². The summed E-state index contributed by atoms with van der Waals surface area (Å²) in [5.74, 6) is -1.15. The Morgan fingerprint density at radius 2 is 1.59 bits per heavy atom. The molecule has 0 atom stereocenters. The highest BCUT2D eigenvalue weighted by Crippen LogP contribution is 2.29. The lowest BCUT2D eigenvalue weighted by molar-refractivity contribution is -0.385. The SMILES string of the molecule is O=C1NN(c2ccccc2)C(=O)/C1=C\c1cc([N+](=O)[O-])ccc1OCc1cccc([N+](=O)[O-])c1. The van der Waals surface area contributed by atoms with Crippen LogP contribution in [0.15, 0.2) is 78.4 Å².